The molecule has 0 aliphatic rings. The maximum atomic E-state index is 11.9. The Morgan fingerprint density at radius 3 is 2.70 bits per heavy atom. The molecule has 0 saturated carbocycles. The van der Waals surface area contributed by atoms with Crippen molar-refractivity contribution < 1.29 is 14.8 Å². The van der Waals surface area contributed by atoms with Crippen LogP contribution in [0.25, 0.3) is 0 Å². The molecule has 1 aromatic rings. The Bertz CT molecular complexity index is 502. The van der Waals surface area contributed by atoms with E-state index in [9.17, 15) is 20.0 Å². The van der Waals surface area contributed by atoms with Gasteiger partial charge < -0.3 is 15.3 Å². The Labute approximate surface area is 117 Å². The van der Waals surface area contributed by atoms with Crippen LogP contribution in [0.15, 0.2) is 18.2 Å². The molecular formula is C13H19N3O4. The first-order chi connectivity index (χ1) is 9.32. The molecule has 1 amide bonds. The molecule has 0 aliphatic carbocycles. The molecule has 7 heteroatoms. The summed E-state index contributed by atoms with van der Waals surface area (Å²) in [7, 11) is 1.92. The number of nitro groups is 1. The number of phenolic OH excluding ortho intramolecular Hbond substituents is 1. The fraction of sp³-hybridized carbons (Fsp3) is 0.462. The number of benzene rings is 1. The number of likely N-dealkylation sites (N-methyl/N-ethyl adjacent to an activating group) is 1. The summed E-state index contributed by atoms with van der Waals surface area (Å²) in [5, 5.41) is 22.8. The molecular weight excluding hydrogens is 262 g/mol. The van der Waals surface area contributed by atoms with Crippen molar-refractivity contribution in [2.75, 3.05) is 20.1 Å². The van der Waals surface area contributed by atoms with E-state index in [1.807, 2.05) is 25.8 Å². The number of aromatic hydroxyl groups is 1. The van der Waals surface area contributed by atoms with Crippen molar-refractivity contribution >= 4 is 11.6 Å². The zero-order valence-corrected chi connectivity index (χ0v) is 11.8. The standard InChI is InChI=1S/C13H19N3O4/c1-9(2)15(3)7-6-14-13(18)11-8-10(17)4-5-12(11)16(19)20/h4-5,8-9,17H,6-7H2,1-3H3,(H,14,18). The molecule has 7 nitrogen and oxygen atoms in total. The van der Waals surface area contributed by atoms with Crippen LogP contribution in [-0.2, 0) is 0 Å². The Kier molecular flexibility index (Phi) is 5.45. The number of hydrogen-bond donors (Lipinski definition) is 2. The van der Waals surface area contributed by atoms with E-state index in [2.05, 4.69) is 5.32 Å². The Balaban J connectivity index is 2.72. The van der Waals surface area contributed by atoms with E-state index in [1.54, 1.807) is 0 Å². The Hall–Kier alpha value is -2.15. The summed E-state index contributed by atoms with van der Waals surface area (Å²) in [5.41, 5.74) is -0.459. The molecule has 0 radical (unpaired) electrons. The third-order valence-corrected chi connectivity index (χ3v) is 3.05. The van der Waals surface area contributed by atoms with Crippen molar-refractivity contribution in [3.63, 3.8) is 0 Å². The maximum absolute atomic E-state index is 11.9. The Morgan fingerprint density at radius 1 is 1.50 bits per heavy atom. The first-order valence-corrected chi connectivity index (χ1v) is 6.28. The van der Waals surface area contributed by atoms with Crippen molar-refractivity contribution in [3.8, 4) is 5.75 Å². The lowest BCUT2D eigenvalue weighted by molar-refractivity contribution is -0.385. The van der Waals surface area contributed by atoms with Gasteiger partial charge in [0, 0.05) is 25.2 Å². The second-order valence-electron chi connectivity index (χ2n) is 4.79. The van der Waals surface area contributed by atoms with Gasteiger partial charge in [0.25, 0.3) is 11.6 Å². The highest BCUT2D eigenvalue weighted by Crippen LogP contribution is 2.22. The minimum absolute atomic E-state index is 0.137. The van der Waals surface area contributed by atoms with E-state index >= 15 is 0 Å². The van der Waals surface area contributed by atoms with E-state index in [4.69, 9.17) is 0 Å². The molecule has 0 saturated heterocycles. The summed E-state index contributed by atoms with van der Waals surface area (Å²) in [5.74, 6) is -0.746. The second-order valence-corrected chi connectivity index (χ2v) is 4.79. The summed E-state index contributed by atoms with van der Waals surface area (Å²) < 4.78 is 0. The maximum Gasteiger partial charge on any atom is 0.282 e. The van der Waals surface area contributed by atoms with Crippen LogP contribution in [0.5, 0.6) is 5.75 Å². The van der Waals surface area contributed by atoms with Crippen molar-refractivity contribution in [1.82, 2.24) is 10.2 Å². The molecule has 20 heavy (non-hydrogen) atoms. The predicted octanol–water partition coefficient (Wildman–Crippen LogP) is 1.37. The number of nitrogens with one attached hydrogen (secondary N) is 1. The van der Waals surface area contributed by atoms with Crippen LogP contribution >= 0.6 is 0 Å². The smallest absolute Gasteiger partial charge is 0.282 e. The van der Waals surface area contributed by atoms with Gasteiger partial charge in [-0.25, -0.2) is 0 Å². The van der Waals surface area contributed by atoms with Crippen molar-refractivity contribution in [3.05, 3.63) is 33.9 Å². The van der Waals surface area contributed by atoms with E-state index in [0.717, 1.165) is 12.1 Å². The van der Waals surface area contributed by atoms with Gasteiger partial charge in [-0.05, 0) is 33.0 Å². The van der Waals surface area contributed by atoms with Crippen molar-refractivity contribution in [2.45, 2.75) is 19.9 Å². The minimum atomic E-state index is -0.644. The van der Waals surface area contributed by atoms with Crippen LogP contribution in [0, 0.1) is 10.1 Å². The van der Waals surface area contributed by atoms with Crippen LogP contribution in [0.2, 0.25) is 0 Å². The molecule has 1 rings (SSSR count). The van der Waals surface area contributed by atoms with Crippen molar-refractivity contribution in [2.24, 2.45) is 0 Å². The summed E-state index contributed by atoms with van der Waals surface area (Å²) in [6.07, 6.45) is 0. The number of nitro benzene ring substituents is 1. The summed E-state index contributed by atoms with van der Waals surface area (Å²) in [6.45, 7) is 5.07. The lowest BCUT2D eigenvalue weighted by Gasteiger charge is -2.20. The summed E-state index contributed by atoms with van der Waals surface area (Å²) in [4.78, 5) is 24.2. The summed E-state index contributed by atoms with van der Waals surface area (Å²) in [6, 6.07) is 3.74. The first-order valence-electron chi connectivity index (χ1n) is 6.28. The molecule has 0 aliphatic heterocycles. The summed E-state index contributed by atoms with van der Waals surface area (Å²) >= 11 is 0. The highest BCUT2D eigenvalue weighted by Gasteiger charge is 2.20. The average Bonchev–Trinajstić information content (AvgIpc) is 2.37. The number of carbonyl (C=O) groups is 1. The third-order valence-electron chi connectivity index (χ3n) is 3.05. The van der Waals surface area contributed by atoms with Gasteiger partial charge in [0.2, 0.25) is 0 Å². The second kappa shape index (κ2) is 6.85. The topological polar surface area (TPSA) is 95.7 Å². The molecule has 2 N–H and O–H groups in total. The van der Waals surface area contributed by atoms with Gasteiger partial charge in [-0.2, -0.15) is 0 Å². The van der Waals surface area contributed by atoms with Gasteiger partial charge in [0.15, 0.2) is 0 Å². The third kappa shape index (κ3) is 4.20. The predicted molar refractivity (Wildman–Crippen MR) is 74.9 cm³/mol. The average molecular weight is 281 g/mol. The molecule has 0 fully saturated rings. The lowest BCUT2D eigenvalue weighted by atomic mass is 10.1. The molecule has 0 bridgehead atoms. The number of hydrogen-bond acceptors (Lipinski definition) is 5. The largest absolute Gasteiger partial charge is 0.508 e. The van der Waals surface area contributed by atoms with Gasteiger partial charge in [-0.1, -0.05) is 0 Å². The van der Waals surface area contributed by atoms with Crippen LogP contribution in [-0.4, -0.2) is 47.0 Å². The van der Waals surface area contributed by atoms with Gasteiger partial charge >= 0.3 is 0 Å². The van der Waals surface area contributed by atoms with E-state index in [1.165, 1.54) is 6.07 Å². The van der Waals surface area contributed by atoms with E-state index in [0.29, 0.717) is 19.1 Å². The van der Waals surface area contributed by atoms with Gasteiger partial charge in [-0.15, -0.1) is 0 Å². The monoisotopic (exact) mass is 281 g/mol. The molecule has 0 heterocycles. The number of nitrogens with zero attached hydrogens (tertiary/aromatic N) is 2. The number of amides is 1. The van der Waals surface area contributed by atoms with Crippen LogP contribution in [0.4, 0.5) is 5.69 Å². The van der Waals surface area contributed by atoms with Gasteiger partial charge in [0.1, 0.15) is 11.3 Å². The first kappa shape index (κ1) is 15.9. The minimum Gasteiger partial charge on any atom is -0.508 e. The number of phenols is 1. The van der Waals surface area contributed by atoms with Gasteiger partial charge in [0.05, 0.1) is 4.92 Å². The molecule has 110 valence electrons. The zero-order valence-electron chi connectivity index (χ0n) is 11.8. The molecule has 0 atom stereocenters. The van der Waals surface area contributed by atoms with Crippen molar-refractivity contribution in [1.29, 1.82) is 0 Å². The lowest BCUT2D eigenvalue weighted by Crippen LogP contribution is -2.36. The SMILES string of the molecule is CC(C)N(C)CCNC(=O)c1cc(O)ccc1[N+](=O)[O-]. The highest BCUT2D eigenvalue weighted by molar-refractivity contribution is 5.98. The molecule has 0 unspecified atom stereocenters. The normalized spacial score (nSPS) is 10.8. The van der Waals surface area contributed by atoms with Crippen LogP contribution in [0.3, 0.4) is 0 Å². The van der Waals surface area contributed by atoms with Crippen LogP contribution in [0.1, 0.15) is 24.2 Å². The molecule has 0 aromatic heterocycles. The fourth-order valence-electron chi connectivity index (χ4n) is 1.56. The highest BCUT2D eigenvalue weighted by atomic mass is 16.6. The number of rotatable bonds is 6. The zero-order chi connectivity index (χ0) is 15.3. The number of carbonyl (C=O) groups excluding carboxylic acids is 1. The quantitative estimate of drug-likeness (QED) is 0.606. The van der Waals surface area contributed by atoms with E-state index in [-0.39, 0.29) is 17.0 Å². The molecule has 0 spiro atoms. The fourth-order valence-corrected chi connectivity index (χ4v) is 1.56. The van der Waals surface area contributed by atoms with Crippen LogP contribution < -0.4 is 5.32 Å². The Morgan fingerprint density at radius 2 is 2.15 bits per heavy atom. The molecule has 1 aromatic carbocycles. The van der Waals surface area contributed by atoms with E-state index < -0.39 is 10.8 Å². The van der Waals surface area contributed by atoms with Gasteiger partial charge in [-0.3, -0.25) is 14.9 Å².